The van der Waals surface area contributed by atoms with Crippen LogP contribution in [-0.4, -0.2) is 54.0 Å². The summed E-state index contributed by atoms with van der Waals surface area (Å²) in [6.07, 6.45) is 4.59. The summed E-state index contributed by atoms with van der Waals surface area (Å²) in [5, 5.41) is 6.63. The lowest BCUT2D eigenvalue weighted by Gasteiger charge is -2.27. The van der Waals surface area contributed by atoms with E-state index < -0.39 is 0 Å². The van der Waals surface area contributed by atoms with Crippen LogP contribution in [-0.2, 0) is 4.79 Å². The van der Waals surface area contributed by atoms with Crippen LogP contribution in [0.1, 0.15) is 57.8 Å². The second-order valence-electron chi connectivity index (χ2n) is 9.72. The van der Waals surface area contributed by atoms with Gasteiger partial charge in [-0.3, -0.25) is 14.6 Å². The van der Waals surface area contributed by atoms with Gasteiger partial charge in [-0.05, 0) is 56.0 Å². The number of anilines is 1. The first-order valence-electron chi connectivity index (χ1n) is 11.7. The summed E-state index contributed by atoms with van der Waals surface area (Å²) in [6.45, 7) is 12.1. The minimum Gasteiger partial charge on any atom is -0.492 e. The standard InChI is InChI=1S/C26H37ClN4O3/c1-19(2)31(13-6-9-30-24(32)18-26(3,4)5)25(33)20-15-21(27)17-23(16-20)34-14-12-29-22-7-10-28-11-8-22/h7-8,10-11,15-17,19H,6,9,12-14,18H2,1-5H3,(H,28,29)(H,30,32). The van der Waals surface area contributed by atoms with Gasteiger partial charge in [-0.25, -0.2) is 0 Å². The lowest BCUT2D eigenvalue weighted by molar-refractivity contribution is -0.122. The molecule has 2 aromatic rings. The van der Waals surface area contributed by atoms with Gasteiger partial charge in [-0.2, -0.15) is 0 Å². The lowest BCUT2D eigenvalue weighted by atomic mass is 9.92. The Morgan fingerprint density at radius 2 is 1.82 bits per heavy atom. The van der Waals surface area contributed by atoms with Crippen molar-refractivity contribution in [2.75, 3.05) is 31.6 Å². The van der Waals surface area contributed by atoms with Crippen molar-refractivity contribution >= 4 is 29.1 Å². The summed E-state index contributed by atoms with van der Waals surface area (Å²) in [7, 11) is 0. The Hall–Kier alpha value is -2.80. The maximum atomic E-state index is 13.2. The molecule has 8 heteroatoms. The number of amides is 2. The highest BCUT2D eigenvalue weighted by Gasteiger charge is 2.20. The van der Waals surface area contributed by atoms with Crippen molar-refractivity contribution in [3.05, 3.63) is 53.3 Å². The molecule has 186 valence electrons. The van der Waals surface area contributed by atoms with Gasteiger partial charge >= 0.3 is 0 Å². The Bertz CT molecular complexity index is 929. The SMILES string of the molecule is CC(C)N(CCCNC(=O)CC(C)(C)C)C(=O)c1cc(Cl)cc(OCCNc2ccncc2)c1. The van der Waals surface area contributed by atoms with Crippen LogP contribution in [0.25, 0.3) is 0 Å². The highest BCUT2D eigenvalue weighted by molar-refractivity contribution is 6.31. The normalized spacial score (nSPS) is 11.3. The first-order chi connectivity index (χ1) is 16.0. The van der Waals surface area contributed by atoms with E-state index in [9.17, 15) is 9.59 Å². The molecule has 0 spiro atoms. The van der Waals surface area contributed by atoms with Crippen molar-refractivity contribution in [2.45, 2.75) is 53.5 Å². The summed E-state index contributed by atoms with van der Waals surface area (Å²) in [4.78, 5) is 31.0. The molecule has 0 aliphatic heterocycles. The van der Waals surface area contributed by atoms with Crippen molar-refractivity contribution in [1.29, 1.82) is 0 Å². The van der Waals surface area contributed by atoms with Crippen LogP contribution < -0.4 is 15.4 Å². The van der Waals surface area contributed by atoms with Crippen molar-refractivity contribution in [1.82, 2.24) is 15.2 Å². The van der Waals surface area contributed by atoms with E-state index in [0.29, 0.717) is 55.4 Å². The number of rotatable bonds is 12. The minimum absolute atomic E-state index is 0.00527. The summed E-state index contributed by atoms with van der Waals surface area (Å²) in [6, 6.07) is 8.85. The summed E-state index contributed by atoms with van der Waals surface area (Å²) in [5.74, 6) is 0.466. The molecule has 0 aliphatic carbocycles. The van der Waals surface area contributed by atoms with Crippen molar-refractivity contribution in [3.63, 3.8) is 0 Å². The molecule has 0 saturated carbocycles. The van der Waals surface area contributed by atoms with Crippen LogP contribution >= 0.6 is 11.6 Å². The van der Waals surface area contributed by atoms with Crippen LogP contribution in [0.3, 0.4) is 0 Å². The van der Waals surface area contributed by atoms with E-state index in [1.807, 2.05) is 46.8 Å². The molecule has 0 atom stereocenters. The van der Waals surface area contributed by atoms with Crippen molar-refractivity contribution in [2.24, 2.45) is 5.41 Å². The second-order valence-corrected chi connectivity index (χ2v) is 10.2. The molecule has 0 saturated heterocycles. The Kier molecular flexibility index (Phi) is 10.6. The highest BCUT2D eigenvalue weighted by Crippen LogP contribution is 2.23. The third-order valence-corrected chi connectivity index (χ3v) is 5.19. The molecule has 0 aliphatic rings. The van der Waals surface area contributed by atoms with Gasteiger partial charge in [0, 0.05) is 60.8 Å². The maximum absolute atomic E-state index is 13.2. The fraction of sp³-hybridized carbons (Fsp3) is 0.500. The number of nitrogens with zero attached hydrogens (tertiary/aromatic N) is 2. The second kappa shape index (κ2) is 13.2. The predicted molar refractivity (Wildman–Crippen MR) is 138 cm³/mol. The Labute approximate surface area is 208 Å². The molecule has 7 nitrogen and oxygen atoms in total. The van der Waals surface area contributed by atoms with Gasteiger partial charge in [0.2, 0.25) is 5.91 Å². The van der Waals surface area contributed by atoms with E-state index in [1.165, 1.54) is 0 Å². The third-order valence-electron chi connectivity index (χ3n) is 4.97. The van der Waals surface area contributed by atoms with Crippen LogP contribution in [0, 0.1) is 5.41 Å². The van der Waals surface area contributed by atoms with E-state index >= 15 is 0 Å². The van der Waals surface area contributed by atoms with Gasteiger partial charge in [-0.15, -0.1) is 0 Å². The van der Waals surface area contributed by atoms with E-state index in [2.05, 4.69) is 15.6 Å². The topological polar surface area (TPSA) is 83.6 Å². The van der Waals surface area contributed by atoms with Crippen LogP contribution in [0.4, 0.5) is 5.69 Å². The number of halogens is 1. The summed E-state index contributed by atoms with van der Waals surface area (Å²) in [5.41, 5.74) is 1.39. The summed E-state index contributed by atoms with van der Waals surface area (Å²) >= 11 is 6.28. The smallest absolute Gasteiger partial charge is 0.254 e. The molecule has 34 heavy (non-hydrogen) atoms. The van der Waals surface area contributed by atoms with Crippen molar-refractivity contribution in [3.8, 4) is 5.75 Å². The fourth-order valence-corrected chi connectivity index (χ4v) is 3.61. The zero-order chi connectivity index (χ0) is 25.1. The molecule has 0 radical (unpaired) electrons. The molecule has 1 aromatic carbocycles. The Morgan fingerprint density at radius 1 is 1.12 bits per heavy atom. The number of benzene rings is 1. The number of hydrogen-bond acceptors (Lipinski definition) is 5. The van der Waals surface area contributed by atoms with Gasteiger partial charge in [0.25, 0.3) is 5.91 Å². The zero-order valence-electron chi connectivity index (χ0n) is 20.9. The average Bonchev–Trinajstić information content (AvgIpc) is 2.75. The van der Waals surface area contributed by atoms with Crippen molar-refractivity contribution < 1.29 is 14.3 Å². The predicted octanol–water partition coefficient (Wildman–Crippen LogP) is 5.02. The van der Waals surface area contributed by atoms with Crippen LogP contribution in [0.5, 0.6) is 5.75 Å². The van der Waals surface area contributed by atoms with Gasteiger partial charge in [0.15, 0.2) is 0 Å². The molecule has 1 heterocycles. The Morgan fingerprint density at radius 3 is 2.47 bits per heavy atom. The van der Waals surface area contributed by atoms with Crippen LogP contribution in [0.2, 0.25) is 5.02 Å². The molecular formula is C26H37ClN4O3. The first kappa shape index (κ1) is 27.4. The Balaban J connectivity index is 1.90. The molecule has 2 amide bonds. The van der Waals surface area contributed by atoms with E-state index in [4.69, 9.17) is 16.3 Å². The van der Waals surface area contributed by atoms with E-state index in [-0.39, 0.29) is 23.3 Å². The molecular weight excluding hydrogens is 452 g/mol. The molecule has 0 bridgehead atoms. The third kappa shape index (κ3) is 10.00. The number of ether oxygens (including phenoxy) is 1. The van der Waals surface area contributed by atoms with Gasteiger partial charge in [0.1, 0.15) is 12.4 Å². The number of pyridine rings is 1. The van der Waals surface area contributed by atoms with E-state index in [1.54, 1.807) is 35.5 Å². The average molecular weight is 489 g/mol. The fourth-order valence-electron chi connectivity index (χ4n) is 3.38. The van der Waals surface area contributed by atoms with Gasteiger partial charge < -0.3 is 20.3 Å². The largest absolute Gasteiger partial charge is 0.492 e. The molecule has 0 unspecified atom stereocenters. The van der Waals surface area contributed by atoms with E-state index in [0.717, 1.165) is 5.69 Å². The zero-order valence-corrected chi connectivity index (χ0v) is 21.6. The quantitative estimate of drug-likeness (QED) is 0.410. The maximum Gasteiger partial charge on any atom is 0.254 e. The van der Waals surface area contributed by atoms with Gasteiger partial charge in [-0.1, -0.05) is 32.4 Å². The lowest BCUT2D eigenvalue weighted by Crippen LogP contribution is -2.39. The van der Waals surface area contributed by atoms with Crippen LogP contribution in [0.15, 0.2) is 42.7 Å². The number of nitrogens with one attached hydrogen (secondary N) is 2. The summed E-state index contributed by atoms with van der Waals surface area (Å²) < 4.78 is 5.82. The minimum atomic E-state index is -0.113. The number of carbonyl (C=O) groups excluding carboxylic acids is 2. The first-order valence-corrected chi connectivity index (χ1v) is 12.1. The van der Waals surface area contributed by atoms with Gasteiger partial charge in [0.05, 0.1) is 0 Å². The molecule has 2 rings (SSSR count). The number of carbonyl (C=O) groups is 2. The molecule has 0 fully saturated rings. The molecule has 1 aromatic heterocycles. The highest BCUT2D eigenvalue weighted by atomic mass is 35.5. The monoisotopic (exact) mass is 488 g/mol. The number of hydrogen-bond donors (Lipinski definition) is 2. The number of aromatic nitrogens is 1. The molecule has 2 N–H and O–H groups in total.